The molecule has 3 rings (SSSR count). The Morgan fingerprint density at radius 2 is 1.96 bits per heavy atom. The maximum atomic E-state index is 11.3. The second-order valence-corrected chi connectivity index (χ2v) is 6.68. The predicted molar refractivity (Wildman–Crippen MR) is 101 cm³/mol. The molecule has 0 saturated carbocycles. The van der Waals surface area contributed by atoms with Crippen LogP contribution in [0.5, 0.6) is 11.5 Å². The van der Waals surface area contributed by atoms with Crippen molar-refractivity contribution in [3.63, 3.8) is 0 Å². The summed E-state index contributed by atoms with van der Waals surface area (Å²) in [6, 6.07) is 15.6. The van der Waals surface area contributed by atoms with Crippen LogP contribution < -0.4 is 9.47 Å². The van der Waals surface area contributed by atoms with Gasteiger partial charge in [-0.1, -0.05) is 30.3 Å². The molecule has 0 amide bonds. The number of carboxylic acid groups (broad SMARTS) is 1. The average Bonchev–Trinajstić information content (AvgIpc) is 3.04. The predicted octanol–water partition coefficient (Wildman–Crippen LogP) is 4.45. The van der Waals surface area contributed by atoms with Gasteiger partial charge in [0, 0.05) is 12.5 Å². The number of rotatable bonds is 7. The largest absolute Gasteiger partial charge is 0.497 e. The van der Waals surface area contributed by atoms with Gasteiger partial charge in [0.1, 0.15) is 21.4 Å². The van der Waals surface area contributed by atoms with Gasteiger partial charge >= 0.3 is 5.97 Å². The minimum atomic E-state index is -0.966. The number of nitrogens with zero attached hydrogens (tertiary/aromatic N) is 1. The van der Waals surface area contributed by atoms with Crippen molar-refractivity contribution >= 4 is 17.3 Å². The van der Waals surface area contributed by atoms with Crippen LogP contribution in [0, 0.1) is 6.92 Å². The molecule has 0 aliphatic carbocycles. The number of methoxy groups -OCH3 is 1. The Hall–Kier alpha value is -2.86. The molecule has 3 aromatic rings. The summed E-state index contributed by atoms with van der Waals surface area (Å²) in [5.74, 6) is 0.340. The highest BCUT2D eigenvalue weighted by Gasteiger charge is 2.18. The molecule has 0 radical (unpaired) electrons. The summed E-state index contributed by atoms with van der Waals surface area (Å²) < 4.78 is 11.3. The first-order valence-corrected chi connectivity index (χ1v) is 8.96. The van der Waals surface area contributed by atoms with E-state index < -0.39 is 5.97 Å². The second kappa shape index (κ2) is 8.01. The molecule has 0 fully saturated rings. The summed E-state index contributed by atoms with van der Waals surface area (Å²) in [7, 11) is 1.60. The standard InChI is InChI=1S/C20H19NO4S/c1-13-18(20(22)23)26-19(21-13)16-9-8-15(24-2)12-17(16)25-11-10-14-6-4-3-5-7-14/h3-9,12H,10-11H2,1-2H3,(H,22,23). The number of ether oxygens (including phenoxy) is 2. The van der Waals surface area contributed by atoms with E-state index in [-0.39, 0.29) is 4.88 Å². The van der Waals surface area contributed by atoms with Gasteiger partial charge in [-0.05, 0) is 24.6 Å². The molecule has 0 atom stereocenters. The van der Waals surface area contributed by atoms with Crippen molar-refractivity contribution in [2.45, 2.75) is 13.3 Å². The number of hydrogen-bond acceptors (Lipinski definition) is 5. The second-order valence-electron chi connectivity index (χ2n) is 5.68. The first-order chi connectivity index (χ1) is 12.6. The molecular formula is C20H19NO4S. The SMILES string of the molecule is COc1ccc(-c2nc(C)c(C(=O)O)s2)c(OCCc2ccccc2)c1. The van der Waals surface area contributed by atoms with E-state index in [0.29, 0.717) is 28.8 Å². The highest BCUT2D eigenvalue weighted by molar-refractivity contribution is 7.17. The highest BCUT2D eigenvalue weighted by Crippen LogP contribution is 2.37. The molecule has 2 aromatic carbocycles. The van der Waals surface area contributed by atoms with E-state index in [2.05, 4.69) is 17.1 Å². The molecule has 0 unspecified atom stereocenters. The molecule has 0 spiro atoms. The van der Waals surface area contributed by atoms with Gasteiger partial charge in [-0.25, -0.2) is 9.78 Å². The molecule has 1 N–H and O–H groups in total. The van der Waals surface area contributed by atoms with E-state index in [0.717, 1.165) is 23.3 Å². The Morgan fingerprint density at radius 3 is 2.62 bits per heavy atom. The zero-order valence-electron chi connectivity index (χ0n) is 14.6. The van der Waals surface area contributed by atoms with Crippen molar-refractivity contribution in [2.24, 2.45) is 0 Å². The highest BCUT2D eigenvalue weighted by atomic mass is 32.1. The van der Waals surface area contributed by atoms with Gasteiger partial charge in [0.15, 0.2) is 0 Å². The summed E-state index contributed by atoms with van der Waals surface area (Å²) in [5.41, 5.74) is 2.46. The van der Waals surface area contributed by atoms with Crippen molar-refractivity contribution in [3.8, 4) is 22.1 Å². The first kappa shape index (κ1) is 17.9. The van der Waals surface area contributed by atoms with Crippen LogP contribution in [-0.4, -0.2) is 29.8 Å². The van der Waals surface area contributed by atoms with Crippen LogP contribution in [0.15, 0.2) is 48.5 Å². The van der Waals surface area contributed by atoms with E-state index >= 15 is 0 Å². The molecule has 6 heteroatoms. The van der Waals surface area contributed by atoms with E-state index in [1.165, 1.54) is 5.56 Å². The fourth-order valence-electron chi connectivity index (χ4n) is 2.56. The van der Waals surface area contributed by atoms with Crippen LogP contribution >= 0.6 is 11.3 Å². The van der Waals surface area contributed by atoms with E-state index in [1.54, 1.807) is 20.1 Å². The lowest BCUT2D eigenvalue weighted by molar-refractivity contribution is 0.0701. The van der Waals surface area contributed by atoms with Gasteiger partial charge in [0.25, 0.3) is 0 Å². The Bertz CT molecular complexity index is 905. The summed E-state index contributed by atoms with van der Waals surface area (Å²) in [5, 5.41) is 9.89. The van der Waals surface area contributed by atoms with Gasteiger partial charge in [0.2, 0.25) is 0 Å². The third-order valence-corrected chi connectivity index (χ3v) is 5.08. The lowest BCUT2D eigenvalue weighted by Gasteiger charge is -2.12. The molecule has 0 aliphatic rings. The Morgan fingerprint density at radius 1 is 1.19 bits per heavy atom. The molecule has 5 nitrogen and oxygen atoms in total. The van der Waals surface area contributed by atoms with Gasteiger partial charge < -0.3 is 14.6 Å². The summed E-state index contributed by atoms with van der Waals surface area (Å²) in [6.07, 6.45) is 0.773. The number of carboxylic acids is 1. The maximum Gasteiger partial charge on any atom is 0.347 e. The van der Waals surface area contributed by atoms with Crippen molar-refractivity contribution in [1.82, 2.24) is 4.98 Å². The number of thiazole rings is 1. The lowest BCUT2D eigenvalue weighted by Crippen LogP contribution is -2.02. The quantitative estimate of drug-likeness (QED) is 0.666. The fourth-order valence-corrected chi connectivity index (χ4v) is 3.49. The van der Waals surface area contributed by atoms with Crippen molar-refractivity contribution in [2.75, 3.05) is 13.7 Å². The Labute approximate surface area is 155 Å². The molecular weight excluding hydrogens is 350 g/mol. The zero-order valence-corrected chi connectivity index (χ0v) is 15.4. The minimum Gasteiger partial charge on any atom is -0.497 e. The summed E-state index contributed by atoms with van der Waals surface area (Å²) in [6.45, 7) is 2.20. The molecule has 134 valence electrons. The van der Waals surface area contributed by atoms with Gasteiger partial charge in [-0.15, -0.1) is 11.3 Å². The third-order valence-electron chi connectivity index (χ3n) is 3.90. The molecule has 1 aromatic heterocycles. The van der Waals surface area contributed by atoms with Crippen LogP contribution in [0.3, 0.4) is 0 Å². The zero-order chi connectivity index (χ0) is 18.5. The first-order valence-electron chi connectivity index (χ1n) is 8.14. The number of aryl methyl sites for hydroxylation is 1. The van der Waals surface area contributed by atoms with Gasteiger partial charge in [-0.3, -0.25) is 0 Å². The average molecular weight is 369 g/mol. The molecule has 0 saturated heterocycles. The minimum absolute atomic E-state index is 0.242. The van der Waals surface area contributed by atoms with Crippen LogP contribution in [0.2, 0.25) is 0 Å². The van der Waals surface area contributed by atoms with E-state index in [4.69, 9.17) is 9.47 Å². The normalized spacial score (nSPS) is 10.5. The van der Waals surface area contributed by atoms with Crippen molar-refractivity contribution in [3.05, 3.63) is 64.7 Å². The summed E-state index contributed by atoms with van der Waals surface area (Å²) >= 11 is 1.15. The Balaban J connectivity index is 1.85. The van der Waals surface area contributed by atoms with E-state index in [9.17, 15) is 9.90 Å². The van der Waals surface area contributed by atoms with Crippen molar-refractivity contribution < 1.29 is 19.4 Å². The number of hydrogen-bond donors (Lipinski definition) is 1. The monoisotopic (exact) mass is 369 g/mol. The number of carbonyl (C=O) groups is 1. The maximum absolute atomic E-state index is 11.3. The Kier molecular flexibility index (Phi) is 5.53. The topological polar surface area (TPSA) is 68.7 Å². The van der Waals surface area contributed by atoms with Crippen LogP contribution in [0.25, 0.3) is 10.6 Å². The smallest absolute Gasteiger partial charge is 0.347 e. The molecule has 0 bridgehead atoms. The van der Waals surface area contributed by atoms with Crippen LogP contribution in [-0.2, 0) is 6.42 Å². The lowest BCUT2D eigenvalue weighted by atomic mass is 10.1. The molecule has 1 heterocycles. The van der Waals surface area contributed by atoms with Gasteiger partial charge in [-0.2, -0.15) is 0 Å². The van der Waals surface area contributed by atoms with E-state index in [1.807, 2.05) is 30.3 Å². The van der Waals surface area contributed by atoms with Crippen molar-refractivity contribution in [1.29, 1.82) is 0 Å². The van der Waals surface area contributed by atoms with Gasteiger partial charge in [0.05, 0.1) is 25.0 Å². The number of aromatic carboxylic acids is 1. The fraction of sp³-hybridized carbons (Fsp3) is 0.200. The molecule has 26 heavy (non-hydrogen) atoms. The number of aromatic nitrogens is 1. The summed E-state index contributed by atoms with van der Waals surface area (Å²) in [4.78, 5) is 15.9. The third kappa shape index (κ3) is 4.03. The number of benzene rings is 2. The van der Waals surface area contributed by atoms with Crippen LogP contribution in [0.1, 0.15) is 20.9 Å². The van der Waals surface area contributed by atoms with Crippen LogP contribution in [0.4, 0.5) is 0 Å². The molecule has 0 aliphatic heterocycles.